The van der Waals surface area contributed by atoms with E-state index >= 15 is 0 Å². The van der Waals surface area contributed by atoms with Gasteiger partial charge in [-0.1, -0.05) is 0 Å². The van der Waals surface area contributed by atoms with Crippen LogP contribution >= 0.6 is 11.8 Å². The summed E-state index contributed by atoms with van der Waals surface area (Å²) in [6, 6.07) is 0. The van der Waals surface area contributed by atoms with Gasteiger partial charge in [0, 0.05) is 30.0 Å². The van der Waals surface area contributed by atoms with Gasteiger partial charge in [-0.15, -0.1) is 0 Å². The molecule has 2 rings (SSSR count). The van der Waals surface area contributed by atoms with Gasteiger partial charge in [-0.05, 0) is 12.2 Å². The Hall–Kier alpha value is -0.970. The zero-order valence-electron chi connectivity index (χ0n) is 7.82. The minimum atomic E-state index is 0.177. The number of amides is 1. The van der Waals surface area contributed by atoms with Crippen molar-refractivity contribution < 1.29 is 4.79 Å². The van der Waals surface area contributed by atoms with Crippen LogP contribution in [0.2, 0.25) is 0 Å². The van der Waals surface area contributed by atoms with Crippen LogP contribution in [0.25, 0.3) is 0 Å². The number of H-pyrrole nitrogens is 1. The van der Waals surface area contributed by atoms with Gasteiger partial charge >= 0.3 is 0 Å². The topological polar surface area (TPSA) is 57.8 Å². The Morgan fingerprint density at radius 2 is 2.71 bits per heavy atom. The maximum Gasteiger partial charge on any atom is 0.224 e. The summed E-state index contributed by atoms with van der Waals surface area (Å²) < 4.78 is 0. The largest absolute Gasteiger partial charge is 0.352 e. The van der Waals surface area contributed by atoms with Crippen LogP contribution in [0.15, 0.2) is 12.4 Å². The Balaban J connectivity index is 1.77. The molecule has 2 heterocycles. The number of nitrogens with one attached hydrogen (secondary N) is 2. The first-order valence-corrected chi connectivity index (χ1v) is 5.85. The second kappa shape index (κ2) is 4.50. The van der Waals surface area contributed by atoms with E-state index in [9.17, 15) is 4.79 Å². The van der Waals surface area contributed by atoms with Crippen molar-refractivity contribution in [2.24, 2.45) is 5.92 Å². The van der Waals surface area contributed by atoms with Crippen LogP contribution in [-0.2, 0) is 11.3 Å². The predicted molar refractivity (Wildman–Crippen MR) is 55.9 cm³/mol. The van der Waals surface area contributed by atoms with Crippen molar-refractivity contribution in [3.63, 3.8) is 0 Å². The molecule has 76 valence electrons. The summed E-state index contributed by atoms with van der Waals surface area (Å²) in [6.45, 7) is 0.580. The summed E-state index contributed by atoms with van der Waals surface area (Å²) in [5.74, 6) is 2.48. The fourth-order valence-corrected chi connectivity index (χ4v) is 2.67. The zero-order valence-corrected chi connectivity index (χ0v) is 8.64. The number of rotatable bonds is 3. The van der Waals surface area contributed by atoms with Gasteiger partial charge in [0.25, 0.3) is 0 Å². The van der Waals surface area contributed by atoms with E-state index in [0.717, 1.165) is 23.5 Å². The zero-order chi connectivity index (χ0) is 9.80. The Morgan fingerprint density at radius 3 is 3.36 bits per heavy atom. The molecule has 1 aliphatic heterocycles. The highest BCUT2D eigenvalue weighted by atomic mass is 32.2. The molecule has 1 atom stereocenters. The lowest BCUT2D eigenvalue weighted by molar-refractivity contribution is -0.124. The molecule has 1 aromatic rings. The van der Waals surface area contributed by atoms with E-state index in [2.05, 4.69) is 15.5 Å². The van der Waals surface area contributed by atoms with E-state index < -0.39 is 0 Å². The Bertz CT molecular complexity index is 293. The van der Waals surface area contributed by atoms with Gasteiger partial charge < -0.3 is 5.32 Å². The molecule has 1 amide bonds. The lowest BCUT2D eigenvalue weighted by Gasteiger charge is -2.08. The summed E-state index contributed by atoms with van der Waals surface area (Å²) in [5, 5.41) is 9.45. The van der Waals surface area contributed by atoms with Crippen LogP contribution in [0, 0.1) is 5.92 Å². The van der Waals surface area contributed by atoms with Crippen LogP contribution < -0.4 is 5.32 Å². The third-order valence-corrected chi connectivity index (χ3v) is 3.48. The fraction of sp³-hybridized carbons (Fsp3) is 0.556. The van der Waals surface area contributed by atoms with Gasteiger partial charge in [-0.25, -0.2) is 0 Å². The van der Waals surface area contributed by atoms with Crippen LogP contribution in [0.3, 0.4) is 0 Å². The maximum absolute atomic E-state index is 11.6. The summed E-state index contributed by atoms with van der Waals surface area (Å²) in [6.07, 6.45) is 4.54. The van der Waals surface area contributed by atoms with Gasteiger partial charge in [0.15, 0.2) is 0 Å². The second-order valence-corrected chi connectivity index (χ2v) is 4.53. The van der Waals surface area contributed by atoms with Crippen molar-refractivity contribution in [3.8, 4) is 0 Å². The van der Waals surface area contributed by atoms with Crippen LogP contribution in [0.5, 0.6) is 0 Å². The molecule has 0 spiro atoms. The van der Waals surface area contributed by atoms with Crippen LogP contribution in [0.4, 0.5) is 0 Å². The Morgan fingerprint density at radius 1 is 1.79 bits per heavy atom. The molecule has 0 saturated carbocycles. The molecule has 5 heteroatoms. The molecule has 0 aliphatic carbocycles. The standard InChI is InChI=1S/C9H13N3OS/c13-9(8-1-2-14-6-8)10-3-7-4-11-12-5-7/h4-5,8H,1-3,6H2,(H,10,13)(H,11,12). The number of nitrogens with zero attached hydrogens (tertiary/aromatic N) is 1. The molecule has 1 aliphatic rings. The van der Waals surface area contributed by atoms with E-state index in [4.69, 9.17) is 0 Å². The number of aromatic amines is 1. The number of aromatic nitrogens is 2. The first-order valence-electron chi connectivity index (χ1n) is 4.69. The summed E-state index contributed by atoms with van der Waals surface area (Å²) in [5.41, 5.74) is 1.02. The molecular weight excluding hydrogens is 198 g/mol. The third-order valence-electron chi connectivity index (χ3n) is 2.32. The first-order chi connectivity index (χ1) is 6.86. The molecule has 2 N–H and O–H groups in total. The number of carbonyl (C=O) groups is 1. The van der Waals surface area contributed by atoms with Crippen molar-refractivity contribution >= 4 is 17.7 Å². The summed E-state index contributed by atoms with van der Waals surface area (Å²) in [7, 11) is 0. The van der Waals surface area contributed by atoms with Crippen molar-refractivity contribution in [1.29, 1.82) is 0 Å². The second-order valence-electron chi connectivity index (χ2n) is 3.38. The molecule has 1 fully saturated rings. The highest BCUT2D eigenvalue weighted by Gasteiger charge is 2.22. The van der Waals surface area contributed by atoms with Gasteiger partial charge in [0.05, 0.1) is 6.20 Å². The number of thioether (sulfide) groups is 1. The molecule has 0 aromatic carbocycles. The number of carbonyl (C=O) groups excluding carboxylic acids is 1. The average Bonchev–Trinajstić information content (AvgIpc) is 2.87. The lowest BCUT2D eigenvalue weighted by Crippen LogP contribution is -2.29. The van der Waals surface area contributed by atoms with Crippen molar-refractivity contribution in [1.82, 2.24) is 15.5 Å². The normalized spacial score (nSPS) is 21.0. The van der Waals surface area contributed by atoms with E-state index in [1.165, 1.54) is 0 Å². The van der Waals surface area contributed by atoms with Crippen molar-refractivity contribution in [2.45, 2.75) is 13.0 Å². The van der Waals surface area contributed by atoms with Gasteiger partial charge in [0.2, 0.25) is 5.91 Å². The molecule has 1 unspecified atom stereocenters. The van der Waals surface area contributed by atoms with Gasteiger partial charge in [0.1, 0.15) is 0 Å². The quantitative estimate of drug-likeness (QED) is 0.776. The van der Waals surface area contributed by atoms with E-state index in [1.807, 2.05) is 11.8 Å². The molecule has 14 heavy (non-hydrogen) atoms. The highest BCUT2D eigenvalue weighted by Crippen LogP contribution is 2.23. The van der Waals surface area contributed by atoms with Gasteiger partial charge in [-0.2, -0.15) is 16.9 Å². The molecule has 4 nitrogen and oxygen atoms in total. The fourth-order valence-electron chi connectivity index (χ4n) is 1.45. The monoisotopic (exact) mass is 211 g/mol. The minimum Gasteiger partial charge on any atom is -0.352 e. The summed E-state index contributed by atoms with van der Waals surface area (Å²) >= 11 is 1.85. The molecular formula is C9H13N3OS. The van der Waals surface area contributed by atoms with Crippen molar-refractivity contribution in [3.05, 3.63) is 18.0 Å². The van der Waals surface area contributed by atoms with Gasteiger partial charge in [-0.3, -0.25) is 9.89 Å². The van der Waals surface area contributed by atoms with Crippen molar-refractivity contribution in [2.75, 3.05) is 11.5 Å². The smallest absolute Gasteiger partial charge is 0.224 e. The highest BCUT2D eigenvalue weighted by molar-refractivity contribution is 7.99. The molecule has 0 bridgehead atoms. The lowest BCUT2D eigenvalue weighted by atomic mass is 10.1. The maximum atomic E-state index is 11.6. The average molecular weight is 211 g/mol. The number of hydrogen-bond donors (Lipinski definition) is 2. The van der Waals surface area contributed by atoms with E-state index in [1.54, 1.807) is 12.4 Å². The van der Waals surface area contributed by atoms with E-state index in [0.29, 0.717) is 6.54 Å². The Labute approximate surface area is 86.8 Å². The Kier molecular flexibility index (Phi) is 3.08. The predicted octanol–water partition coefficient (Wildman–Crippen LogP) is 0.779. The van der Waals surface area contributed by atoms with Crippen LogP contribution in [-0.4, -0.2) is 27.6 Å². The van der Waals surface area contributed by atoms with E-state index in [-0.39, 0.29) is 11.8 Å². The third kappa shape index (κ3) is 2.29. The minimum absolute atomic E-state index is 0.177. The first kappa shape index (κ1) is 9.58. The molecule has 1 saturated heterocycles. The van der Waals surface area contributed by atoms with Crippen LogP contribution in [0.1, 0.15) is 12.0 Å². The number of hydrogen-bond acceptors (Lipinski definition) is 3. The molecule has 0 radical (unpaired) electrons. The molecule has 1 aromatic heterocycles. The summed E-state index contributed by atoms with van der Waals surface area (Å²) in [4.78, 5) is 11.6. The SMILES string of the molecule is O=C(NCc1cn[nH]c1)C1CCSC1.